The maximum Gasteiger partial charge on any atom is 0.201 e. The molecule has 1 aliphatic carbocycles. The Bertz CT molecular complexity index is 843. The molecular weight excluding hydrogens is 512 g/mol. The van der Waals surface area contributed by atoms with Gasteiger partial charge in [-0.15, -0.1) is 12.3 Å². The normalized spacial score (nSPS) is 24.5. The molecule has 3 atom stereocenters. The van der Waals surface area contributed by atoms with Crippen molar-refractivity contribution in [2.24, 2.45) is 0 Å². The minimum Gasteiger partial charge on any atom is -0.407 e. The van der Waals surface area contributed by atoms with Crippen LogP contribution < -0.4 is 0 Å². The molecule has 0 saturated carbocycles. The number of unbranched alkanes of at least 4 members (excludes halogenated alkanes) is 10. The molecule has 0 N–H and O–H groups in total. The van der Waals surface area contributed by atoms with Crippen molar-refractivity contribution in [2.45, 2.75) is 179 Å². The lowest BCUT2D eigenvalue weighted by Crippen LogP contribution is -2.59. The summed E-state index contributed by atoms with van der Waals surface area (Å²) < 4.78 is 20.1. The third kappa shape index (κ3) is 9.15. The van der Waals surface area contributed by atoms with E-state index in [0.717, 1.165) is 32.1 Å². The third-order valence-electron chi connectivity index (χ3n) is 9.03. The van der Waals surface area contributed by atoms with Gasteiger partial charge < -0.3 is 13.9 Å². The standard InChI is InChI=1S/C35H60O4Si/c1-10-11-12-13-14-15-16-17-18-19-20-21-22-23-24-27-35-32(36)26-25-31(33(35)37-34(8,9)39-35)38-40(28(2)3,29(4)5)30(6)7/h1,17-18,25-26,28-31,33H,11-16,19-24,27H2,2-9H3/b18-17-/t31-,33+,35-/m0/s1. The molecule has 0 bridgehead atoms. The fourth-order valence-corrected chi connectivity index (χ4v) is 12.7. The molecule has 0 aromatic heterocycles. The number of allylic oxidation sites excluding steroid dienone is 2. The second-order valence-corrected chi connectivity index (χ2v) is 18.9. The first-order chi connectivity index (χ1) is 18.9. The van der Waals surface area contributed by atoms with E-state index in [1.54, 1.807) is 6.08 Å². The van der Waals surface area contributed by atoms with Gasteiger partial charge in [0.15, 0.2) is 17.2 Å². The molecule has 0 radical (unpaired) electrons. The predicted molar refractivity (Wildman–Crippen MR) is 171 cm³/mol. The van der Waals surface area contributed by atoms with E-state index in [-0.39, 0.29) is 11.9 Å². The number of carbonyl (C=O) groups is 1. The van der Waals surface area contributed by atoms with Crippen LogP contribution in [0.5, 0.6) is 0 Å². The molecule has 1 heterocycles. The molecule has 5 heteroatoms. The molecule has 2 aliphatic rings. The van der Waals surface area contributed by atoms with Crippen LogP contribution >= 0.6 is 0 Å². The molecular formula is C35H60O4Si. The summed E-state index contributed by atoms with van der Waals surface area (Å²) in [5.41, 5.74) is 0.435. The maximum absolute atomic E-state index is 13.4. The number of ether oxygens (including phenoxy) is 2. The number of carbonyl (C=O) groups excluding carboxylic acids is 1. The summed E-state index contributed by atoms with van der Waals surface area (Å²) in [4.78, 5) is 13.4. The maximum atomic E-state index is 13.4. The largest absolute Gasteiger partial charge is 0.407 e. The molecule has 0 aromatic rings. The summed E-state index contributed by atoms with van der Waals surface area (Å²) in [6.07, 6.45) is 27.6. The van der Waals surface area contributed by atoms with Crippen molar-refractivity contribution in [3.05, 3.63) is 24.3 Å². The van der Waals surface area contributed by atoms with Gasteiger partial charge in [0.25, 0.3) is 0 Å². The third-order valence-corrected chi connectivity index (χ3v) is 15.1. The molecule has 1 saturated heterocycles. The minimum atomic E-state index is -2.16. The van der Waals surface area contributed by atoms with Crippen LogP contribution in [0, 0.1) is 12.3 Å². The highest BCUT2D eigenvalue weighted by molar-refractivity contribution is 6.77. The van der Waals surface area contributed by atoms with Crippen LogP contribution in [0.3, 0.4) is 0 Å². The fraction of sp³-hybridized carbons (Fsp3) is 0.800. The zero-order valence-electron chi connectivity index (χ0n) is 27.1. The molecule has 2 rings (SSSR count). The Kier molecular flexibility index (Phi) is 14.4. The Morgan fingerprint density at radius 1 is 0.900 bits per heavy atom. The first kappa shape index (κ1) is 35.0. The van der Waals surface area contributed by atoms with E-state index in [1.165, 1.54) is 44.9 Å². The summed E-state index contributed by atoms with van der Waals surface area (Å²) in [6, 6.07) is 0. The van der Waals surface area contributed by atoms with Gasteiger partial charge >= 0.3 is 0 Å². The van der Waals surface area contributed by atoms with Crippen molar-refractivity contribution >= 4 is 14.1 Å². The average molecular weight is 573 g/mol. The number of rotatable bonds is 19. The lowest BCUT2D eigenvalue weighted by atomic mass is 9.80. The van der Waals surface area contributed by atoms with Gasteiger partial charge in [0.1, 0.15) is 6.10 Å². The van der Waals surface area contributed by atoms with E-state index in [4.69, 9.17) is 20.3 Å². The summed E-state index contributed by atoms with van der Waals surface area (Å²) in [5, 5.41) is 0. The summed E-state index contributed by atoms with van der Waals surface area (Å²) in [6.45, 7) is 17.7. The molecule has 0 spiro atoms. The van der Waals surface area contributed by atoms with E-state index >= 15 is 0 Å². The van der Waals surface area contributed by atoms with Crippen LogP contribution in [-0.4, -0.2) is 37.7 Å². The summed E-state index contributed by atoms with van der Waals surface area (Å²) in [7, 11) is -2.16. The highest BCUT2D eigenvalue weighted by Gasteiger charge is 2.62. The molecule has 0 amide bonds. The van der Waals surface area contributed by atoms with Gasteiger partial charge in [0, 0.05) is 6.42 Å². The van der Waals surface area contributed by atoms with Gasteiger partial charge in [-0.2, -0.15) is 0 Å². The van der Waals surface area contributed by atoms with Crippen LogP contribution in [0.1, 0.15) is 139 Å². The number of ketones is 1. The molecule has 1 aliphatic heterocycles. The van der Waals surface area contributed by atoms with Crippen molar-refractivity contribution in [1.29, 1.82) is 0 Å². The van der Waals surface area contributed by atoms with E-state index in [0.29, 0.717) is 23.0 Å². The topological polar surface area (TPSA) is 44.8 Å². The van der Waals surface area contributed by atoms with E-state index in [2.05, 4.69) is 59.6 Å². The number of hydrogen-bond acceptors (Lipinski definition) is 4. The Hall–Kier alpha value is -1.19. The molecule has 228 valence electrons. The number of fused-ring (bicyclic) bond motifs is 1. The van der Waals surface area contributed by atoms with Gasteiger partial charge in [0.2, 0.25) is 8.32 Å². The number of terminal acetylenes is 1. The van der Waals surface area contributed by atoms with Gasteiger partial charge in [-0.1, -0.05) is 91.9 Å². The van der Waals surface area contributed by atoms with Gasteiger partial charge in [-0.05, 0) is 81.5 Å². The highest BCUT2D eigenvalue weighted by atomic mass is 28.4. The summed E-state index contributed by atoms with van der Waals surface area (Å²) >= 11 is 0. The Balaban J connectivity index is 1.87. The van der Waals surface area contributed by atoms with E-state index in [1.807, 2.05) is 19.9 Å². The van der Waals surface area contributed by atoms with Crippen LogP contribution in [0.15, 0.2) is 24.3 Å². The van der Waals surface area contributed by atoms with Crippen LogP contribution in [0.25, 0.3) is 0 Å². The minimum absolute atomic E-state index is 0.0371. The predicted octanol–water partition coefficient (Wildman–Crippen LogP) is 9.84. The molecule has 0 unspecified atom stereocenters. The van der Waals surface area contributed by atoms with Crippen LogP contribution in [0.2, 0.25) is 16.6 Å². The molecule has 0 aromatic carbocycles. The van der Waals surface area contributed by atoms with Crippen molar-refractivity contribution in [3.63, 3.8) is 0 Å². The van der Waals surface area contributed by atoms with Gasteiger partial charge in [0.05, 0.1) is 6.10 Å². The zero-order valence-corrected chi connectivity index (χ0v) is 28.1. The molecule has 1 fully saturated rings. The lowest BCUT2D eigenvalue weighted by molar-refractivity contribution is -0.171. The van der Waals surface area contributed by atoms with Crippen molar-refractivity contribution in [2.75, 3.05) is 0 Å². The SMILES string of the molecule is C#CCCCCCC/C=C\CCCCCCC[C@@]12OC(C)(C)O[C@@H]1[C@@H](O[Si](C(C)C)(C(C)C)C(C)C)C=CC2=O. The second kappa shape index (κ2) is 16.4. The lowest BCUT2D eigenvalue weighted by Gasteiger charge is -2.47. The number of hydrogen-bond donors (Lipinski definition) is 0. The summed E-state index contributed by atoms with van der Waals surface area (Å²) in [5.74, 6) is 1.95. The van der Waals surface area contributed by atoms with E-state index in [9.17, 15) is 4.79 Å². The quantitative estimate of drug-likeness (QED) is 0.0669. The molecule has 4 nitrogen and oxygen atoms in total. The average Bonchev–Trinajstić information content (AvgIpc) is 3.17. The highest BCUT2D eigenvalue weighted by Crippen LogP contribution is 2.49. The Labute approximate surface area is 248 Å². The van der Waals surface area contributed by atoms with Crippen molar-refractivity contribution in [3.8, 4) is 12.3 Å². The zero-order chi connectivity index (χ0) is 29.8. The first-order valence-electron chi connectivity index (χ1n) is 16.3. The van der Waals surface area contributed by atoms with Gasteiger partial charge in [-0.3, -0.25) is 4.79 Å². The smallest absolute Gasteiger partial charge is 0.201 e. The Morgan fingerprint density at radius 3 is 1.98 bits per heavy atom. The monoisotopic (exact) mass is 572 g/mol. The van der Waals surface area contributed by atoms with Crippen LogP contribution in [0.4, 0.5) is 0 Å². The first-order valence-corrected chi connectivity index (χ1v) is 18.4. The molecule has 40 heavy (non-hydrogen) atoms. The van der Waals surface area contributed by atoms with E-state index < -0.39 is 25.8 Å². The van der Waals surface area contributed by atoms with Crippen molar-refractivity contribution < 1.29 is 18.7 Å². The fourth-order valence-electron chi connectivity index (χ4n) is 7.19. The van der Waals surface area contributed by atoms with Gasteiger partial charge in [-0.25, -0.2) is 0 Å². The van der Waals surface area contributed by atoms with Crippen molar-refractivity contribution in [1.82, 2.24) is 0 Å². The Morgan fingerprint density at radius 2 is 1.43 bits per heavy atom. The second-order valence-electron chi connectivity index (χ2n) is 13.5. The van der Waals surface area contributed by atoms with Crippen LogP contribution in [-0.2, 0) is 18.7 Å².